The Kier molecular flexibility index (Phi) is 4.37. The summed E-state index contributed by atoms with van der Waals surface area (Å²) in [6, 6.07) is 4.45. The lowest BCUT2D eigenvalue weighted by molar-refractivity contribution is -0.385. The Hall–Kier alpha value is -1.40. The van der Waals surface area contributed by atoms with Gasteiger partial charge in [0, 0.05) is 23.4 Å². The van der Waals surface area contributed by atoms with Crippen LogP contribution in [0.15, 0.2) is 18.2 Å². The third-order valence-electron chi connectivity index (χ3n) is 2.51. The molecule has 5 nitrogen and oxygen atoms in total. The van der Waals surface area contributed by atoms with E-state index in [0.717, 1.165) is 0 Å². The van der Waals surface area contributed by atoms with Crippen molar-refractivity contribution in [3.8, 4) is 0 Å². The number of nitrogen functional groups attached to an aromatic ring is 1. The molecule has 0 fully saturated rings. The highest BCUT2D eigenvalue weighted by Crippen LogP contribution is 2.34. The summed E-state index contributed by atoms with van der Waals surface area (Å²) >= 11 is 0. The van der Waals surface area contributed by atoms with Gasteiger partial charge in [-0.05, 0) is 25.0 Å². The third kappa shape index (κ3) is 4.32. The predicted molar refractivity (Wildman–Crippen MR) is 77.1 cm³/mol. The van der Waals surface area contributed by atoms with Crippen LogP contribution < -0.4 is 5.73 Å². The first-order valence-corrected chi connectivity index (χ1v) is 6.93. The van der Waals surface area contributed by atoms with Crippen molar-refractivity contribution in [2.24, 2.45) is 0 Å². The van der Waals surface area contributed by atoms with E-state index in [1.807, 2.05) is 13.8 Å². The largest absolute Gasteiger partial charge is 0.408 e. The molecule has 0 saturated heterocycles. The van der Waals surface area contributed by atoms with E-state index in [2.05, 4.69) is 20.8 Å². The van der Waals surface area contributed by atoms with Crippen molar-refractivity contribution in [1.82, 2.24) is 0 Å². The van der Waals surface area contributed by atoms with Crippen molar-refractivity contribution in [2.45, 2.75) is 45.3 Å². The van der Waals surface area contributed by atoms with Gasteiger partial charge in [-0.1, -0.05) is 20.8 Å². The van der Waals surface area contributed by atoms with Crippen LogP contribution in [0, 0.1) is 10.1 Å². The van der Waals surface area contributed by atoms with Gasteiger partial charge in [0.1, 0.15) is 0 Å². The molecule has 6 heteroatoms. The van der Waals surface area contributed by atoms with Crippen molar-refractivity contribution < 1.29 is 9.35 Å². The van der Waals surface area contributed by atoms with Crippen molar-refractivity contribution >= 4 is 21.1 Å². The van der Waals surface area contributed by atoms with Crippen LogP contribution in [0.3, 0.4) is 0 Å². The summed E-state index contributed by atoms with van der Waals surface area (Å²) in [6.07, 6.45) is 0. The minimum absolute atomic E-state index is 0.0277. The van der Waals surface area contributed by atoms with E-state index in [1.165, 1.54) is 12.1 Å². The SMILES string of the molecule is CC(C)(C)[Si]OC(C)(C)c1cc([N+](=O)[O-])ccc1N. The molecule has 0 saturated carbocycles. The summed E-state index contributed by atoms with van der Waals surface area (Å²) in [6.45, 7) is 10.00. The summed E-state index contributed by atoms with van der Waals surface area (Å²) in [5, 5.41) is 10.9. The second-order valence-electron chi connectivity index (χ2n) is 5.99. The van der Waals surface area contributed by atoms with Gasteiger partial charge in [0.05, 0.1) is 10.5 Å². The monoisotopic (exact) mass is 280 g/mol. The second-order valence-corrected chi connectivity index (χ2v) is 7.90. The number of non-ortho nitro benzene ring substituents is 1. The number of nitrogens with two attached hydrogens (primary N) is 1. The minimum atomic E-state index is -0.651. The molecule has 0 unspecified atom stereocenters. The Bertz CT molecular complexity index is 481. The van der Waals surface area contributed by atoms with Gasteiger partial charge in [-0.25, -0.2) is 0 Å². The zero-order valence-corrected chi connectivity index (χ0v) is 13.0. The molecule has 0 aliphatic carbocycles. The van der Waals surface area contributed by atoms with Gasteiger partial charge in [-0.2, -0.15) is 0 Å². The molecule has 0 aliphatic rings. The number of hydrogen-bond donors (Lipinski definition) is 1. The molecule has 1 aromatic carbocycles. The number of benzene rings is 1. The molecule has 19 heavy (non-hydrogen) atoms. The minimum Gasteiger partial charge on any atom is -0.408 e. The molecule has 0 bridgehead atoms. The first-order valence-electron chi connectivity index (χ1n) is 6.02. The van der Waals surface area contributed by atoms with E-state index in [4.69, 9.17) is 10.2 Å². The zero-order valence-electron chi connectivity index (χ0n) is 12.0. The maximum atomic E-state index is 10.8. The molecule has 2 N–H and O–H groups in total. The van der Waals surface area contributed by atoms with Crippen molar-refractivity contribution in [3.05, 3.63) is 33.9 Å². The van der Waals surface area contributed by atoms with E-state index in [-0.39, 0.29) is 20.5 Å². The number of nitro benzene ring substituents is 1. The van der Waals surface area contributed by atoms with Gasteiger partial charge in [0.15, 0.2) is 0 Å². The third-order valence-corrected chi connectivity index (χ3v) is 3.73. The van der Waals surface area contributed by atoms with Gasteiger partial charge >= 0.3 is 0 Å². The fraction of sp³-hybridized carbons (Fsp3) is 0.538. The second kappa shape index (κ2) is 5.30. The van der Waals surface area contributed by atoms with Crippen LogP contribution in [-0.4, -0.2) is 14.7 Å². The van der Waals surface area contributed by atoms with Crippen LogP contribution in [-0.2, 0) is 10.0 Å². The van der Waals surface area contributed by atoms with E-state index in [1.54, 1.807) is 6.07 Å². The Labute approximate surface area is 116 Å². The van der Waals surface area contributed by atoms with Crippen LogP contribution in [0.25, 0.3) is 0 Å². The molecule has 1 aromatic rings. The Morgan fingerprint density at radius 1 is 1.26 bits per heavy atom. The van der Waals surface area contributed by atoms with Crippen molar-refractivity contribution in [2.75, 3.05) is 5.73 Å². The first-order chi connectivity index (χ1) is 8.53. The molecule has 2 radical (unpaired) electrons. The molecule has 104 valence electrons. The van der Waals surface area contributed by atoms with Gasteiger partial charge in [-0.3, -0.25) is 10.1 Å². The fourth-order valence-electron chi connectivity index (χ4n) is 1.51. The average Bonchev–Trinajstić information content (AvgIpc) is 2.25. The average molecular weight is 280 g/mol. The highest BCUT2D eigenvalue weighted by atomic mass is 28.2. The summed E-state index contributed by atoms with van der Waals surface area (Å²) in [5.74, 6) is 0. The highest BCUT2D eigenvalue weighted by Gasteiger charge is 2.28. The molecule has 0 atom stereocenters. The van der Waals surface area contributed by atoms with Crippen LogP contribution in [0.5, 0.6) is 0 Å². The number of hydrogen-bond acceptors (Lipinski definition) is 4. The van der Waals surface area contributed by atoms with Crippen molar-refractivity contribution in [1.29, 1.82) is 0 Å². The number of nitrogens with zero attached hydrogens (tertiary/aromatic N) is 1. The summed E-state index contributed by atoms with van der Waals surface area (Å²) in [7, 11) is 0.281. The van der Waals surface area contributed by atoms with E-state index in [0.29, 0.717) is 11.3 Å². The molecule has 0 amide bonds. The van der Waals surface area contributed by atoms with Gasteiger partial charge in [-0.15, -0.1) is 0 Å². The maximum absolute atomic E-state index is 10.8. The van der Waals surface area contributed by atoms with Crippen molar-refractivity contribution in [3.63, 3.8) is 0 Å². The molecule has 0 spiro atoms. The molecule has 0 aromatic heterocycles. The molecule has 0 aliphatic heterocycles. The highest BCUT2D eigenvalue weighted by molar-refractivity contribution is 6.31. The number of nitro groups is 1. The summed E-state index contributed by atoms with van der Waals surface area (Å²) in [5.41, 5.74) is 6.45. The van der Waals surface area contributed by atoms with Gasteiger partial charge in [0.25, 0.3) is 5.69 Å². The van der Waals surface area contributed by atoms with Gasteiger partial charge in [0.2, 0.25) is 9.76 Å². The maximum Gasteiger partial charge on any atom is 0.269 e. The van der Waals surface area contributed by atoms with Crippen LogP contribution >= 0.6 is 0 Å². The van der Waals surface area contributed by atoms with Crippen LogP contribution in [0.4, 0.5) is 11.4 Å². The van der Waals surface area contributed by atoms with Crippen LogP contribution in [0.2, 0.25) is 5.04 Å². The summed E-state index contributed by atoms with van der Waals surface area (Å²) < 4.78 is 5.92. The quantitative estimate of drug-likeness (QED) is 0.397. The van der Waals surface area contributed by atoms with E-state index < -0.39 is 10.5 Å². The lowest BCUT2D eigenvalue weighted by atomic mass is 9.96. The standard InChI is InChI=1S/C13H20N2O3Si/c1-12(2,3)19-18-13(4,5)10-8-9(15(16)17)6-7-11(10)14/h6-8H,14H2,1-5H3. The van der Waals surface area contributed by atoms with E-state index >= 15 is 0 Å². The molecule has 0 heterocycles. The Morgan fingerprint density at radius 2 is 1.84 bits per heavy atom. The normalized spacial score (nSPS) is 12.5. The zero-order chi connectivity index (χ0) is 14.8. The predicted octanol–water partition coefficient (Wildman–Crippen LogP) is 3.27. The smallest absolute Gasteiger partial charge is 0.269 e. The van der Waals surface area contributed by atoms with Gasteiger partial charge < -0.3 is 10.2 Å². The number of rotatable bonds is 4. The molecular weight excluding hydrogens is 260 g/mol. The molecule has 1 rings (SSSR count). The van der Waals surface area contributed by atoms with Crippen LogP contribution in [0.1, 0.15) is 40.2 Å². The lowest BCUT2D eigenvalue weighted by Gasteiger charge is -2.30. The summed E-state index contributed by atoms with van der Waals surface area (Å²) in [4.78, 5) is 10.4. The Morgan fingerprint density at radius 3 is 2.32 bits per heavy atom. The number of anilines is 1. The first kappa shape index (κ1) is 15.7. The topological polar surface area (TPSA) is 78.4 Å². The van der Waals surface area contributed by atoms with E-state index in [9.17, 15) is 10.1 Å². The molecular formula is C13H20N2O3Si. The lowest BCUT2D eigenvalue weighted by Crippen LogP contribution is -2.28. The Balaban J connectivity index is 3.06. The fourth-order valence-corrected chi connectivity index (χ4v) is 2.19.